The number of hydrogen-bond acceptors (Lipinski definition) is 5. The highest BCUT2D eigenvalue weighted by Gasteiger charge is 2.30. The number of halogens is 2. The molecule has 1 aromatic carbocycles. The minimum Gasteiger partial charge on any atom is -0.479 e. The third-order valence-electron chi connectivity index (χ3n) is 3.94. The highest BCUT2D eigenvalue weighted by atomic mass is 19.2. The Balaban J connectivity index is 2.32. The van der Waals surface area contributed by atoms with Gasteiger partial charge in [0, 0.05) is 12.2 Å². The van der Waals surface area contributed by atoms with Crippen molar-refractivity contribution in [2.75, 3.05) is 13.2 Å². The lowest BCUT2D eigenvalue weighted by Crippen LogP contribution is -2.22. The highest BCUT2D eigenvalue weighted by Crippen LogP contribution is 2.40. The number of rotatable bonds is 6. The van der Waals surface area contributed by atoms with Gasteiger partial charge in [0.1, 0.15) is 5.56 Å². The number of pyridine rings is 1. The van der Waals surface area contributed by atoms with Crippen LogP contribution in [0.25, 0.3) is 10.9 Å². The fourth-order valence-corrected chi connectivity index (χ4v) is 2.69. The van der Waals surface area contributed by atoms with E-state index in [1.165, 1.54) is 10.8 Å². The van der Waals surface area contributed by atoms with Crippen molar-refractivity contribution in [2.24, 2.45) is 0 Å². The summed E-state index contributed by atoms with van der Waals surface area (Å²) in [5, 5.41) is 8.48. The zero-order chi connectivity index (χ0) is 19.0. The van der Waals surface area contributed by atoms with Gasteiger partial charge in [0.2, 0.25) is 11.2 Å². The molecule has 0 bridgehead atoms. The van der Waals surface area contributed by atoms with Gasteiger partial charge < -0.3 is 19.1 Å². The van der Waals surface area contributed by atoms with Gasteiger partial charge in [-0.3, -0.25) is 4.79 Å². The third-order valence-corrected chi connectivity index (χ3v) is 3.94. The van der Waals surface area contributed by atoms with E-state index in [1.807, 2.05) is 0 Å². The second-order valence-corrected chi connectivity index (χ2v) is 5.81. The van der Waals surface area contributed by atoms with Crippen LogP contribution in [0.5, 0.6) is 5.75 Å². The average Bonchev–Trinajstić information content (AvgIpc) is 3.41. The number of carboxylic acids is 1. The largest absolute Gasteiger partial charge is 0.479 e. The summed E-state index contributed by atoms with van der Waals surface area (Å²) in [5.74, 6) is -5.69. The molecule has 1 fully saturated rings. The average molecular weight is 367 g/mol. The van der Waals surface area contributed by atoms with E-state index in [0.29, 0.717) is 18.9 Å². The maximum atomic E-state index is 14.3. The third kappa shape index (κ3) is 3.12. The van der Waals surface area contributed by atoms with Gasteiger partial charge in [-0.2, -0.15) is 4.39 Å². The number of nitrogens with zero attached hydrogens (tertiary/aromatic N) is 1. The lowest BCUT2D eigenvalue weighted by atomic mass is 10.1. The number of carbonyl (C=O) groups is 2. The zero-order valence-electron chi connectivity index (χ0n) is 13.8. The predicted octanol–water partition coefficient (Wildman–Crippen LogP) is 2.25. The minimum absolute atomic E-state index is 0.0461. The molecule has 9 heteroatoms. The van der Waals surface area contributed by atoms with E-state index in [9.17, 15) is 23.2 Å². The van der Waals surface area contributed by atoms with Crippen LogP contribution in [0.15, 0.2) is 17.1 Å². The molecule has 1 N–H and O–H groups in total. The Labute approximate surface area is 145 Å². The Hall–Kier alpha value is -2.97. The van der Waals surface area contributed by atoms with Gasteiger partial charge in [0.05, 0.1) is 17.5 Å². The molecule has 7 nitrogen and oxygen atoms in total. The Morgan fingerprint density at radius 1 is 1.35 bits per heavy atom. The summed E-state index contributed by atoms with van der Waals surface area (Å²) in [7, 11) is 0. The molecule has 0 aliphatic heterocycles. The second kappa shape index (κ2) is 6.74. The van der Waals surface area contributed by atoms with Crippen molar-refractivity contribution in [1.29, 1.82) is 0 Å². The number of benzene rings is 1. The smallest absolute Gasteiger partial charge is 0.343 e. The Morgan fingerprint density at radius 2 is 2.04 bits per heavy atom. The molecular weight excluding hydrogens is 352 g/mol. The van der Waals surface area contributed by atoms with Crippen LogP contribution in [0, 0.1) is 11.6 Å². The summed E-state index contributed by atoms with van der Waals surface area (Å²) in [4.78, 5) is 35.4. The van der Waals surface area contributed by atoms with Gasteiger partial charge in [-0.15, -0.1) is 0 Å². The second-order valence-electron chi connectivity index (χ2n) is 5.81. The first-order valence-electron chi connectivity index (χ1n) is 7.93. The molecule has 0 unspecified atom stereocenters. The first-order valence-corrected chi connectivity index (χ1v) is 7.93. The monoisotopic (exact) mass is 367 g/mol. The van der Waals surface area contributed by atoms with Gasteiger partial charge in [-0.05, 0) is 25.8 Å². The summed E-state index contributed by atoms with van der Waals surface area (Å²) in [6.45, 7) is 0.712. The molecule has 1 aliphatic carbocycles. The minimum atomic E-state index is -1.39. The van der Waals surface area contributed by atoms with Crippen molar-refractivity contribution in [2.45, 2.75) is 25.8 Å². The van der Waals surface area contributed by atoms with Crippen LogP contribution >= 0.6 is 0 Å². The molecule has 1 aliphatic rings. The maximum absolute atomic E-state index is 14.3. The molecule has 0 saturated heterocycles. The van der Waals surface area contributed by atoms with Crippen molar-refractivity contribution in [3.63, 3.8) is 0 Å². The standard InChI is InChI=1S/C17H15F2NO6/c1-2-25-17(24)10-6-20(8-3-4-8)14-9(15(10)23)5-11(18)13(19)16(14)26-7-12(21)22/h5-6,8H,2-4,7H2,1H3,(H,21,22). The van der Waals surface area contributed by atoms with Crippen molar-refractivity contribution in [1.82, 2.24) is 4.57 Å². The quantitative estimate of drug-likeness (QED) is 0.787. The molecule has 2 aromatic rings. The molecule has 0 atom stereocenters. The maximum Gasteiger partial charge on any atom is 0.343 e. The molecule has 1 heterocycles. The molecule has 26 heavy (non-hydrogen) atoms. The van der Waals surface area contributed by atoms with E-state index < -0.39 is 41.4 Å². The SMILES string of the molecule is CCOC(=O)c1cn(C2CC2)c2c(OCC(=O)O)c(F)c(F)cc2c1=O. The fraction of sp³-hybridized carbons (Fsp3) is 0.353. The van der Waals surface area contributed by atoms with Crippen LogP contribution in [-0.4, -0.2) is 34.8 Å². The molecule has 0 spiro atoms. The van der Waals surface area contributed by atoms with Crippen molar-refractivity contribution in [3.8, 4) is 5.75 Å². The van der Waals surface area contributed by atoms with Crippen LogP contribution in [0.3, 0.4) is 0 Å². The summed E-state index contributed by atoms with van der Waals surface area (Å²) >= 11 is 0. The Kier molecular flexibility index (Phi) is 4.62. The molecule has 0 radical (unpaired) electrons. The number of carboxylic acid groups (broad SMARTS) is 1. The van der Waals surface area contributed by atoms with Gasteiger partial charge in [0.15, 0.2) is 18.2 Å². The highest BCUT2D eigenvalue weighted by molar-refractivity contribution is 5.95. The molecule has 1 saturated carbocycles. The summed E-state index contributed by atoms with van der Waals surface area (Å²) in [5.41, 5.74) is -1.22. The number of esters is 1. The number of ether oxygens (including phenoxy) is 2. The van der Waals surface area contributed by atoms with E-state index in [0.717, 1.165) is 0 Å². The first-order chi connectivity index (χ1) is 12.3. The van der Waals surface area contributed by atoms with Crippen LogP contribution in [-0.2, 0) is 9.53 Å². The predicted molar refractivity (Wildman–Crippen MR) is 85.5 cm³/mol. The molecule has 1 aromatic heterocycles. The van der Waals surface area contributed by atoms with Gasteiger partial charge in [0.25, 0.3) is 0 Å². The van der Waals surface area contributed by atoms with Crippen LogP contribution < -0.4 is 10.2 Å². The summed E-state index contributed by atoms with van der Waals surface area (Å²) in [6, 6.07) is 0.547. The van der Waals surface area contributed by atoms with Gasteiger partial charge >= 0.3 is 11.9 Å². The lowest BCUT2D eigenvalue weighted by Gasteiger charge is -2.16. The van der Waals surface area contributed by atoms with E-state index >= 15 is 0 Å². The van der Waals surface area contributed by atoms with Crippen molar-refractivity contribution < 1.29 is 33.0 Å². The number of aliphatic carboxylic acids is 1. The van der Waals surface area contributed by atoms with Gasteiger partial charge in [-0.25, -0.2) is 14.0 Å². The van der Waals surface area contributed by atoms with Crippen molar-refractivity contribution in [3.05, 3.63) is 39.7 Å². The van der Waals surface area contributed by atoms with Crippen LogP contribution in [0.2, 0.25) is 0 Å². The van der Waals surface area contributed by atoms with Gasteiger partial charge in [-0.1, -0.05) is 0 Å². The molecule has 138 valence electrons. The number of aromatic nitrogens is 1. The fourth-order valence-electron chi connectivity index (χ4n) is 2.69. The molecule has 3 rings (SSSR count). The van der Waals surface area contributed by atoms with Crippen molar-refractivity contribution >= 4 is 22.8 Å². The van der Waals surface area contributed by atoms with E-state index in [2.05, 4.69) is 0 Å². The topological polar surface area (TPSA) is 94.8 Å². The normalized spacial score (nSPS) is 13.7. The molecule has 0 amide bonds. The first kappa shape index (κ1) is 17.8. The van der Waals surface area contributed by atoms with E-state index in [4.69, 9.17) is 14.6 Å². The number of fused-ring (bicyclic) bond motifs is 1. The Morgan fingerprint density at radius 3 is 2.62 bits per heavy atom. The number of carbonyl (C=O) groups excluding carboxylic acids is 1. The summed E-state index contributed by atoms with van der Waals surface area (Å²) in [6.07, 6.45) is 2.64. The Bertz CT molecular complexity index is 964. The van der Waals surface area contributed by atoms with Crippen LogP contribution in [0.4, 0.5) is 8.78 Å². The van der Waals surface area contributed by atoms with E-state index in [-0.39, 0.29) is 29.1 Å². The number of hydrogen-bond donors (Lipinski definition) is 1. The van der Waals surface area contributed by atoms with Crippen LogP contribution in [0.1, 0.15) is 36.2 Å². The molecular formula is C17H15F2NO6. The lowest BCUT2D eigenvalue weighted by molar-refractivity contribution is -0.139. The summed E-state index contributed by atoms with van der Waals surface area (Å²) < 4.78 is 39.5. The van der Waals surface area contributed by atoms with E-state index in [1.54, 1.807) is 6.92 Å². The zero-order valence-corrected chi connectivity index (χ0v) is 13.8.